The number of amides is 1. The van der Waals surface area contributed by atoms with Crippen LogP contribution in [0, 0.1) is 17.0 Å². The van der Waals surface area contributed by atoms with E-state index in [1.807, 2.05) is 29.7 Å². The fourth-order valence-corrected chi connectivity index (χ4v) is 5.33. The van der Waals surface area contributed by atoms with Gasteiger partial charge in [-0.05, 0) is 25.5 Å². The third-order valence-electron chi connectivity index (χ3n) is 5.08. The third-order valence-corrected chi connectivity index (χ3v) is 7.29. The van der Waals surface area contributed by atoms with Crippen molar-refractivity contribution >= 4 is 52.0 Å². The summed E-state index contributed by atoms with van der Waals surface area (Å²) in [7, 11) is 0. The van der Waals surface area contributed by atoms with Crippen LogP contribution in [0.15, 0.2) is 59.1 Å². The lowest BCUT2D eigenvalue weighted by atomic mass is 10.0. The van der Waals surface area contributed by atoms with Crippen molar-refractivity contribution in [2.45, 2.75) is 25.5 Å². The zero-order valence-electron chi connectivity index (χ0n) is 18.3. The summed E-state index contributed by atoms with van der Waals surface area (Å²) in [4.78, 5) is 24.2. The van der Waals surface area contributed by atoms with Gasteiger partial charge in [0.2, 0.25) is 5.91 Å². The lowest BCUT2D eigenvalue weighted by Gasteiger charge is -2.10. The first-order chi connectivity index (χ1) is 16.4. The smallest absolute Gasteiger partial charge is 0.271 e. The summed E-state index contributed by atoms with van der Waals surface area (Å²) in [6, 6.07) is 14.1. The number of rotatable bonds is 8. The van der Waals surface area contributed by atoms with E-state index >= 15 is 0 Å². The number of nitrogens with zero attached hydrogens (tertiary/aromatic N) is 4. The van der Waals surface area contributed by atoms with Crippen LogP contribution in [0.5, 0.6) is 0 Å². The molecule has 174 valence electrons. The molecule has 0 fully saturated rings. The number of halogens is 1. The quantitative estimate of drug-likeness (QED) is 0.168. The molecule has 0 atom stereocenters. The first kappa shape index (κ1) is 23.9. The predicted molar refractivity (Wildman–Crippen MR) is 137 cm³/mol. The van der Waals surface area contributed by atoms with Crippen molar-refractivity contribution in [1.82, 2.24) is 14.8 Å². The summed E-state index contributed by atoms with van der Waals surface area (Å²) in [6.07, 6.45) is 0. The molecule has 4 rings (SSSR count). The Bertz CT molecular complexity index is 1350. The second-order valence-corrected chi connectivity index (χ2v) is 9.69. The number of hydrogen-bond acceptors (Lipinski definition) is 7. The van der Waals surface area contributed by atoms with Crippen LogP contribution >= 0.6 is 34.7 Å². The van der Waals surface area contributed by atoms with Crippen LogP contribution in [-0.4, -0.2) is 31.3 Å². The van der Waals surface area contributed by atoms with Crippen molar-refractivity contribution in [1.29, 1.82) is 0 Å². The van der Waals surface area contributed by atoms with Gasteiger partial charge in [-0.2, -0.15) is 0 Å². The van der Waals surface area contributed by atoms with Gasteiger partial charge < -0.3 is 9.88 Å². The maximum Gasteiger partial charge on any atom is 0.271 e. The molecule has 0 saturated carbocycles. The molecule has 0 aliphatic heterocycles. The van der Waals surface area contributed by atoms with Crippen molar-refractivity contribution in [3.05, 3.63) is 73.9 Å². The fourth-order valence-electron chi connectivity index (χ4n) is 3.50. The predicted octanol–water partition coefficient (Wildman–Crippen LogP) is 6.29. The minimum Gasteiger partial charge on any atom is -0.324 e. The number of non-ortho nitro benzene ring substituents is 1. The Morgan fingerprint density at radius 2 is 2.00 bits per heavy atom. The molecule has 8 nitrogen and oxygen atoms in total. The van der Waals surface area contributed by atoms with Crippen LogP contribution < -0.4 is 5.32 Å². The van der Waals surface area contributed by atoms with Crippen LogP contribution in [0.25, 0.3) is 22.5 Å². The van der Waals surface area contributed by atoms with Gasteiger partial charge in [0.05, 0.1) is 21.4 Å². The monoisotopic (exact) mass is 513 g/mol. The molecule has 2 aromatic heterocycles. The van der Waals surface area contributed by atoms with Crippen LogP contribution in [-0.2, 0) is 11.3 Å². The summed E-state index contributed by atoms with van der Waals surface area (Å²) in [5, 5.41) is 25.3. The van der Waals surface area contributed by atoms with Gasteiger partial charge >= 0.3 is 0 Å². The number of thiophene rings is 1. The zero-order valence-corrected chi connectivity index (χ0v) is 20.7. The number of hydrogen-bond donors (Lipinski definition) is 1. The van der Waals surface area contributed by atoms with Crippen LogP contribution in [0.2, 0.25) is 5.02 Å². The van der Waals surface area contributed by atoms with Gasteiger partial charge in [0.25, 0.3) is 5.69 Å². The molecule has 0 aliphatic carbocycles. The average Bonchev–Trinajstić information content (AvgIpc) is 3.42. The number of anilines is 1. The highest BCUT2D eigenvalue weighted by molar-refractivity contribution is 7.99. The molecular weight excluding hydrogens is 494 g/mol. The minimum atomic E-state index is -0.540. The highest BCUT2D eigenvalue weighted by atomic mass is 35.5. The normalized spacial score (nSPS) is 10.9. The van der Waals surface area contributed by atoms with E-state index in [-0.39, 0.29) is 28.1 Å². The van der Waals surface area contributed by atoms with Gasteiger partial charge in [-0.25, -0.2) is 0 Å². The van der Waals surface area contributed by atoms with Crippen molar-refractivity contribution in [3.8, 4) is 22.5 Å². The Hall–Kier alpha value is -3.21. The lowest BCUT2D eigenvalue weighted by molar-refractivity contribution is -0.384. The number of thioether (sulfide) groups is 1. The van der Waals surface area contributed by atoms with Gasteiger partial charge in [-0.3, -0.25) is 14.9 Å². The van der Waals surface area contributed by atoms with Crippen LogP contribution in [0.1, 0.15) is 11.8 Å². The second-order valence-electron chi connectivity index (χ2n) is 7.26. The number of nitro benzene ring substituents is 1. The largest absolute Gasteiger partial charge is 0.324 e. The van der Waals surface area contributed by atoms with Gasteiger partial charge in [0.1, 0.15) is 0 Å². The van der Waals surface area contributed by atoms with Crippen LogP contribution in [0.3, 0.4) is 0 Å². The molecule has 2 heterocycles. The van der Waals surface area contributed by atoms with E-state index in [2.05, 4.69) is 40.0 Å². The van der Waals surface area contributed by atoms with Crippen molar-refractivity contribution in [2.75, 3.05) is 11.1 Å². The Labute approximate surface area is 209 Å². The number of nitro groups is 1. The van der Waals surface area contributed by atoms with Gasteiger partial charge in [0, 0.05) is 40.1 Å². The van der Waals surface area contributed by atoms with E-state index in [1.54, 1.807) is 11.3 Å². The summed E-state index contributed by atoms with van der Waals surface area (Å²) in [5.41, 5.74) is 3.29. The molecule has 1 N–H and O–H groups in total. The topological polar surface area (TPSA) is 103 Å². The van der Waals surface area contributed by atoms with Crippen LogP contribution in [0.4, 0.5) is 11.4 Å². The molecule has 11 heteroatoms. The summed E-state index contributed by atoms with van der Waals surface area (Å²) < 4.78 is 1.98. The van der Waals surface area contributed by atoms with Crippen molar-refractivity contribution in [2.24, 2.45) is 0 Å². The SMILES string of the molecule is CCn1c(SCC(=O)Nc2cc([N+](=O)[O-])ccc2Cl)nnc1-c1csc(C)c1-c1ccccc1. The highest BCUT2D eigenvalue weighted by Crippen LogP contribution is 2.39. The minimum absolute atomic E-state index is 0.0470. The van der Waals surface area contributed by atoms with E-state index in [9.17, 15) is 14.9 Å². The number of aryl methyl sites for hydroxylation is 1. The first-order valence-electron chi connectivity index (χ1n) is 10.3. The number of carbonyl (C=O) groups is 1. The lowest BCUT2D eigenvalue weighted by Crippen LogP contribution is -2.15. The van der Waals surface area contributed by atoms with Gasteiger partial charge in [-0.1, -0.05) is 53.7 Å². The standard InChI is InChI=1S/C23H20ClN5O3S2/c1-3-28-22(17-12-33-14(2)21(17)15-7-5-4-6-8-15)26-27-23(28)34-13-20(30)25-19-11-16(29(31)32)9-10-18(19)24/h4-12H,3,13H2,1-2H3,(H,25,30). The highest BCUT2D eigenvalue weighted by Gasteiger charge is 2.21. The van der Waals surface area contributed by atoms with E-state index < -0.39 is 4.92 Å². The molecule has 0 spiro atoms. The number of nitrogens with one attached hydrogen (secondary N) is 1. The van der Waals surface area contributed by atoms with E-state index in [4.69, 9.17) is 11.6 Å². The van der Waals surface area contributed by atoms with Crippen molar-refractivity contribution in [3.63, 3.8) is 0 Å². The molecule has 0 radical (unpaired) electrons. The Morgan fingerprint density at radius 1 is 1.24 bits per heavy atom. The zero-order chi connectivity index (χ0) is 24.2. The summed E-state index contributed by atoms with van der Waals surface area (Å²) >= 11 is 8.98. The van der Waals surface area contributed by atoms with E-state index in [1.165, 1.54) is 34.8 Å². The maximum absolute atomic E-state index is 12.5. The number of aromatic nitrogens is 3. The molecule has 0 saturated heterocycles. The summed E-state index contributed by atoms with van der Waals surface area (Å²) in [6.45, 7) is 4.72. The molecule has 0 aliphatic rings. The Kier molecular flexibility index (Phi) is 7.30. The average molecular weight is 514 g/mol. The molecule has 0 bridgehead atoms. The second kappa shape index (κ2) is 10.4. The molecule has 2 aromatic carbocycles. The molecular formula is C23H20ClN5O3S2. The summed E-state index contributed by atoms with van der Waals surface area (Å²) in [5.74, 6) is 0.442. The van der Waals surface area contributed by atoms with E-state index in [0.29, 0.717) is 11.7 Å². The number of benzene rings is 2. The fraction of sp³-hybridized carbons (Fsp3) is 0.174. The van der Waals surface area contributed by atoms with Crippen molar-refractivity contribution < 1.29 is 9.72 Å². The Morgan fingerprint density at radius 3 is 2.71 bits per heavy atom. The molecule has 1 amide bonds. The van der Waals surface area contributed by atoms with E-state index in [0.717, 1.165) is 22.5 Å². The number of carbonyl (C=O) groups excluding carboxylic acids is 1. The molecule has 4 aromatic rings. The van der Waals surface area contributed by atoms with Gasteiger partial charge in [-0.15, -0.1) is 21.5 Å². The maximum atomic E-state index is 12.5. The van der Waals surface area contributed by atoms with Gasteiger partial charge in [0.15, 0.2) is 11.0 Å². The molecule has 0 unspecified atom stereocenters. The Balaban J connectivity index is 1.53. The molecule has 34 heavy (non-hydrogen) atoms. The first-order valence-corrected chi connectivity index (χ1v) is 12.6. The third kappa shape index (κ3) is 4.98.